The van der Waals surface area contributed by atoms with E-state index in [1.807, 2.05) is 13.8 Å². The molecule has 16 heavy (non-hydrogen) atoms. The largest absolute Gasteiger partial charge is 1.00 e. The van der Waals surface area contributed by atoms with E-state index >= 15 is 0 Å². The van der Waals surface area contributed by atoms with Crippen LogP contribution in [0.25, 0.3) is 0 Å². The Hall–Kier alpha value is 0.176. The maximum Gasteiger partial charge on any atom is 1.00 e. The van der Waals surface area contributed by atoms with Gasteiger partial charge in [0, 0.05) is 5.41 Å². The number of rotatable bonds is 6. The summed E-state index contributed by atoms with van der Waals surface area (Å²) in [7, 11) is 0. The summed E-state index contributed by atoms with van der Waals surface area (Å²) in [6.07, 6.45) is -0.0540. The van der Waals surface area contributed by atoms with E-state index in [9.17, 15) is 9.59 Å². The molecular formula is C9H19KN2O4. The molecule has 0 aromatic heterocycles. The molecule has 0 saturated carbocycles. The van der Waals surface area contributed by atoms with Gasteiger partial charge >= 0.3 is 63.6 Å². The van der Waals surface area contributed by atoms with Crippen LogP contribution in [0.5, 0.6) is 0 Å². The predicted molar refractivity (Wildman–Crippen MR) is 55.2 cm³/mol. The molecule has 2 amide bonds. The molecule has 90 valence electrons. The van der Waals surface area contributed by atoms with Gasteiger partial charge in [0.15, 0.2) is 0 Å². The van der Waals surface area contributed by atoms with Crippen LogP contribution in [-0.4, -0.2) is 25.4 Å². The molecule has 0 aliphatic carbocycles. The Kier molecular flexibility index (Phi) is 10.7. The molecule has 0 unspecified atom stereocenters. The minimum atomic E-state index is -0.837. The molecule has 0 heterocycles. The van der Waals surface area contributed by atoms with Crippen molar-refractivity contribution in [3.05, 3.63) is 0 Å². The van der Waals surface area contributed by atoms with Gasteiger partial charge in [0.2, 0.25) is 0 Å². The van der Waals surface area contributed by atoms with Crippen molar-refractivity contribution in [3.63, 3.8) is 0 Å². The van der Waals surface area contributed by atoms with Crippen molar-refractivity contribution in [2.24, 2.45) is 16.9 Å². The molecule has 0 fully saturated rings. The van der Waals surface area contributed by atoms with Crippen molar-refractivity contribution in [1.29, 1.82) is 0 Å². The summed E-state index contributed by atoms with van der Waals surface area (Å²) >= 11 is 0. The first kappa shape index (κ1) is 18.5. The molecule has 6 nitrogen and oxygen atoms in total. The fourth-order valence-corrected chi connectivity index (χ4v) is 1.28. The first-order chi connectivity index (χ1) is 6.89. The van der Waals surface area contributed by atoms with Gasteiger partial charge < -0.3 is 22.4 Å². The summed E-state index contributed by atoms with van der Waals surface area (Å²) in [5.41, 5.74) is 9.28. The minimum absolute atomic E-state index is 0. The fraction of sp³-hybridized carbons (Fsp3) is 0.778. The summed E-state index contributed by atoms with van der Waals surface area (Å²) in [6.45, 7) is 4.04. The van der Waals surface area contributed by atoms with Gasteiger partial charge in [0.05, 0.1) is 0 Å². The Bertz CT molecular complexity index is 223. The molecule has 0 spiro atoms. The zero-order chi connectivity index (χ0) is 11.9. The van der Waals surface area contributed by atoms with E-state index in [0.717, 1.165) is 12.8 Å². The van der Waals surface area contributed by atoms with Crippen LogP contribution in [0.3, 0.4) is 0 Å². The van der Waals surface area contributed by atoms with Gasteiger partial charge in [0.1, 0.15) is 13.2 Å². The van der Waals surface area contributed by atoms with Gasteiger partial charge in [-0.05, 0) is 6.42 Å². The Morgan fingerprint density at radius 2 is 1.56 bits per heavy atom. The minimum Gasteiger partial charge on any atom is -1.00 e. The van der Waals surface area contributed by atoms with E-state index < -0.39 is 17.6 Å². The van der Waals surface area contributed by atoms with Crippen LogP contribution < -0.4 is 62.9 Å². The van der Waals surface area contributed by atoms with E-state index in [0.29, 0.717) is 0 Å². The molecule has 0 rings (SSSR count). The third-order valence-corrected chi connectivity index (χ3v) is 1.98. The average molecular weight is 258 g/mol. The summed E-state index contributed by atoms with van der Waals surface area (Å²) < 4.78 is 9.40. The molecule has 0 atom stereocenters. The van der Waals surface area contributed by atoms with E-state index in [-0.39, 0.29) is 66.0 Å². The smallest absolute Gasteiger partial charge is 1.00 e. The molecule has 0 aromatic carbocycles. The topological polar surface area (TPSA) is 105 Å². The van der Waals surface area contributed by atoms with Crippen molar-refractivity contribution < 1.29 is 71.9 Å². The molecule has 0 radical (unpaired) electrons. The number of amides is 2. The third kappa shape index (κ3) is 9.41. The van der Waals surface area contributed by atoms with Crippen LogP contribution in [0.15, 0.2) is 0 Å². The first-order valence-electron chi connectivity index (χ1n) is 4.74. The van der Waals surface area contributed by atoms with Crippen molar-refractivity contribution in [2.45, 2.75) is 26.7 Å². The Labute approximate surface area is 139 Å². The quantitative estimate of drug-likeness (QED) is 0.543. The zero-order valence-electron chi connectivity index (χ0n) is 11.1. The zero-order valence-corrected chi connectivity index (χ0v) is 13.2. The van der Waals surface area contributed by atoms with Gasteiger partial charge in [-0.15, -0.1) is 0 Å². The van der Waals surface area contributed by atoms with Crippen LogP contribution >= 0.6 is 0 Å². The number of carbonyl (C=O) groups is 2. The Morgan fingerprint density at radius 3 is 1.81 bits per heavy atom. The van der Waals surface area contributed by atoms with E-state index in [4.69, 9.17) is 20.9 Å². The summed E-state index contributed by atoms with van der Waals surface area (Å²) in [4.78, 5) is 20.9. The molecule has 7 heteroatoms. The normalized spacial score (nSPS) is 10.1. The van der Waals surface area contributed by atoms with Crippen LogP contribution in [0, 0.1) is 5.41 Å². The van der Waals surface area contributed by atoms with E-state index in [2.05, 4.69) is 0 Å². The Balaban J connectivity index is -0.000000980. The van der Waals surface area contributed by atoms with Gasteiger partial charge in [-0.1, -0.05) is 20.3 Å². The SMILES string of the molecule is CCCC(C)(COC(N)=O)COC(N)=O.[H-].[K+]. The average Bonchev–Trinajstić information content (AvgIpc) is 2.13. The molecule has 0 aliphatic heterocycles. The third-order valence-electron chi connectivity index (χ3n) is 1.98. The summed E-state index contributed by atoms with van der Waals surface area (Å²) in [5, 5.41) is 0. The van der Waals surface area contributed by atoms with Crippen molar-refractivity contribution in [3.8, 4) is 0 Å². The second-order valence-corrected chi connectivity index (χ2v) is 3.78. The van der Waals surface area contributed by atoms with Crippen LogP contribution in [0.2, 0.25) is 0 Å². The van der Waals surface area contributed by atoms with Crippen molar-refractivity contribution in [1.82, 2.24) is 0 Å². The number of nitrogens with two attached hydrogens (primary N) is 2. The molecule has 0 bridgehead atoms. The maximum absolute atomic E-state index is 10.5. The van der Waals surface area contributed by atoms with Gasteiger partial charge in [0.25, 0.3) is 0 Å². The predicted octanol–water partition coefficient (Wildman–Crippen LogP) is -1.90. The van der Waals surface area contributed by atoms with Crippen molar-refractivity contribution >= 4 is 12.2 Å². The standard InChI is InChI=1S/C9H18N2O4.K.H/c1-3-4-9(2,5-14-7(10)12)6-15-8(11)13;;/h3-6H2,1-2H3,(H2,10,12)(H2,11,13);;/q;+1;-1. The van der Waals surface area contributed by atoms with E-state index in [1.165, 1.54) is 0 Å². The molecule has 4 N–H and O–H groups in total. The Morgan fingerprint density at radius 1 is 1.19 bits per heavy atom. The number of hydrogen-bond acceptors (Lipinski definition) is 4. The van der Waals surface area contributed by atoms with Crippen molar-refractivity contribution in [2.75, 3.05) is 13.2 Å². The van der Waals surface area contributed by atoms with Crippen LogP contribution in [-0.2, 0) is 9.47 Å². The summed E-state index contributed by atoms with van der Waals surface area (Å²) in [6, 6.07) is 0. The van der Waals surface area contributed by atoms with Gasteiger partial charge in [-0.3, -0.25) is 0 Å². The fourth-order valence-electron chi connectivity index (χ4n) is 1.28. The maximum atomic E-state index is 10.5. The monoisotopic (exact) mass is 258 g/mol. The molecule has 0 saturated heterocycles. The molecule has 0 aromatic rings. The summed E-state index contributed by atoms with van der Waals surface area (Å²) in [5.74, 6) is 0. The number of primary amides is 2. The first-order valence-corrected chi connectivity index (χ1v) is 4.74. The molecular weight excluding hydrogens is 239 g/mol. The van der Waals surface area contributed by atoms with Crippen LogP contribution in [0.1, 0.15) is 28.1 Å². The second-order valence-electron chi connectivity index (χ2n) is 3.78. The van der Waals surface area contributed by atoms with Gasteiger partial charge in [-0.2, -0.15) is 0 Å². The number of carbonyl (C=O) groups excluding carboxylic acids is 2. The number of ether oxygens (including phenoxy) is 2. The van der Waals surface area contributed by atoms with Crippen LogP contribution in [0.4, 0.5) is 9.59 Å². The molecule has 0 aliphatic rings. The second kappa shape index (κ2) is 9.23. The van der Waals surface area contributed by atoms with E-state index in [1.54, 1.807) is 0 Å². The van der Waals surface area contributed by atoms with Gasteiger partial charge in [-0.25, -0.2) is 9.59 Å². The number of hydrogen-bond donors (Lipinski definition) is 2.